The molecule has 0 saturated carbocycles. The summed E-state index contributed by atoms with van der Waals surface area (Å²) in [4.78, 5) is 77.0. The van der Waals surface area contributed by atoms with E-state index in [9.17, 15) is 19.2 Å². The number of benzene rings is 2. The van der Waals surface area contributed by atoms with Gasteiger partial charge in [0.1, 0.15) is 29.4 Å². The third kappa shape index (κ3) is 9.72. The monoisotopic (exact) mass is 1010 g/mol. The normalized spacial score (nSPS) is 24.5. The number of aromatic nitrogens is 4. The van der Waals surface area contributed by atoms with Crippen molar-refractivity contribution in [1.29, 1.82) is 0 Å². The minimum atomic E-state index is -0.766. The van der Waals surface area contributed by atoms with Crippen LogP contribution in [0.15, 0.2) is 30.3 Å². The molecule has 20 heteroatoms. The zero-order valence-corrected chi connectivity index (χ0v) is 42.5. The highest BCUT2D eigenvalue weighted by Gasteiger charge is 2.44. The minimum Gasteiger partial charge on any atom is -0.453 e. The van der Waals surface area contributed by atoms with Gasteiger partial charge in [0, 0.05) is 56.7 Å². The number of rotatable bonds is 12. The van der Waals surface area contributed by atoms with Gasteiger partial charge in [0.25, 0.3) is 0 Å². The number of alkyl carbamates (subject to hydrolysis) is 2. The smallest absolute Gasteiger partial charge is 0.407 e. The van der Waals surface area contributed by atoms with Gasteiger partial charge in [0.2, 0.25) is 11.8 Å². The number of nitrogens with zero attached hydrogens (tertiary/aromatic N) is 6. The minimum absolute atomic E-state index is 0.0528. The Bertz CT molecular complexity index is 2830. The predicted octanol–water partition coefficient (Wildman–Crippen LogP) is 5.99. The van der Waals surface area contributed by atoms with Gasteiger partial charge in [-0.1, -0.05) is 45.9 Å². The van der Waals surface area contributed by atoms with Gasteiger partial charge in [0.05, 0.1) is 67.3 Å². The van der Waals surface area contributed by atoms with E-state index < -0.39 is 41.7 Å². The molecule has 7 heterocycles. The summed E-state index contributed by atoms with van der Waals surface area (Å²) in [6.07, 6.45) is 9.01. The van der Waals surface area contributed by atoms with Crippen molar-refractivity contribution in [2.75, 3.05) is 63.4 Å². The number of likely N-dealkylation sites (tertiary alicyclic amines) is 2. The number of nitrogens with one attached hydrogen (secondary N) is 4. The first-order valence-electron chi connectivity index (χ1n) is 26.0. The fourth-order valence-electron chi connectivity index (χ4n) is 12.3. The van der Waals surface area contributed by atoms with Crippen molar-refractivity contribution in [3.63, 3.8) is 0 Å². The van der Waals surface area contributed by atoms with Crippen LogP contribution in [0.1, 0.15) is 121 Å². The van der Waals surface area contributed by atoms with E-state index in [1.165, 1.54) is 26.4 Å². The Morgan fingerprint density at radius 3 is 1.92 bits per heavy atom. The summed E-state index contributed by atoms with van der Waals surface area (Å²) in [6, 6.07) is 6.42. The second-order valence-corrected chi connectivity index (χ2v) is 21.1. The Labute approximate surface area is 423 Å². The van der Waals surface area contributed by atoms with Crippen LogP contribution in [0.25, 0.3) is 23.2 Å². The number of anilines is 2. The van der Waals surface area contributed by atoms with Crippen LogP contribution in [0.5, 0.6) is 0 Å². The van der Waals surface area contributed by atoms with E-state index in [4.69, 9.17) is 28.9 Å². The molecule has 1 spiro atoms. The fourth-order valence-corrected chi connectivity index (χ4v) is 12.3. The summed E-state index contributed by atoms with van der Waals surface area (Å²) in [7, 11) is 2.55. The Kier molecular flexibility index (Phi) is 14.2. The van der Waals surface area contributed by atoms with Crippen LogP contribution in [0.4, 0.5) is 29.7 Å². The number of carbonyl (C=O) groups is 4. The number of aromatic amines is 2. The maximum Gasteiger partial charge on any atom is 0.407 e. The van der Waals surface area contributed by atoms with Crippen LogP contribution in [0.3, 0.4) is 0 Å². The number of hydrogen-bond acceptors (Lipinski definition) is 12. The first-order chi connectivity index (χ1) is 35.1. The average Bonchev–Trinajstić information content (AvgIpc) is 4.25. The van der Waals surface area contributed by atoms with Gasteiger partial charge in [-0.15, -0.1) is 0 Å². The molecule has 2 aromatic carbocycles. The van der Waals surface area contributed by atoms with Gasteiger partial charge in [-0.2, -0.15) is 0 Å². The van der Waals surface area contributed by atoms with Gasteiger partial charge < -0.3 is 59.1 Å². The van der Waals surface area contributed by atoms with E-state index in [0.29, 0.717) is 95.3 Å². The van der Waals surface area contributed by atoms with Crippen LogP contribution in [0.2, 0.25) is 0 Å². The van der Waals surface area contributed by atoms with Crippen molar-refractivity contribution in [3.05, 3.63) is 69.9 Å². The lowest BCUT2D eigenvalue weighted by molar-refractivity contribution is -0.169. The molecule has 2 aromatic heterocycles. The molecule has 0 radical (unpaired) electrons. The van der Waals surface area contributed by atoms with Crippen LogP contribution in [-0.4, -0.2) is 131 Å². The number of piperidine rings is 1. The maximum absolute atomic E-state index is 16.7. The first kappa shape index (κ1) is 50.3. The Hall–Kier alpha value is -6.28. The Balaban J connectivity index is 0.956. The lowest BCUT2D eigenvalue weighted by Gasteiger charge is -2.39. The highest BCUT2D eigenvalue weighted by molar-refractivity contribution is 5.87. The molecule has 4 aromatic rings. The molecule has 7 atom stereocenters. The first-order valence-corrected chi connectivity index (χ1v) is 26.0. The molecule has 0 bridgehead atoms. The summed E-state index contributed by atoms with van der Waals surface area (Å²) in [6.45, 7) is 10.4. The third-order valence-electron chi connectivity index (χ3n) is 16.0. The second-order valence-electron chi connectivity index (χ2n) is 21.1. The van der Waals surface area contributed by atoms with Crippen molar-refractivity contribution < 1.29 is 46.9 Å². The number of fused-ring (bicyclic) bond motifs is 2. The molecule has 4 N–H and O–H groups in total. The molecule has 18 nitrogen and oxygen atoms in total. The van der Waals surface area contributed by atoms with Gasteiger partial charge in [-0.25, -0.2) is 28.3 Å². The van der Waals surface area contributed by atoms with E-state index >= 15 is 8.78 Å². The van der Waals surface area contributed by atoms with Gasteiger partial charge in [-0.05, 0) is 86.6 Å². The molecular weight excluding hydrogens is 943 g/mol. The SMILES string of the molecule is COC(=O)N[C@H](C(=O)N1CCC[C@H]1c1nc2c([nH]1)=CC([C@H]1CC[C@H](c3ccc4nc([C@@H]5CCCN5C(=O)[C@@H](NC(=O)OC)C(C)C)[nH]c4c3)N1c1cc(F)c(N3CCC4(CC3)OCCO4)c(F)c1)CC=2)C(C)C. The number of carbonyl (C=O) groups excluding carboxylic acids is 4. The van der Waals surface area contributed by atoms with Crippen molar-refractivity contribution in [2.24, 2.45) is 17.8 Å². The van der Waals surface area contributed by atoms with Gasteiger partial charge in [-0.3, -0.25) is 9.59 Å². The Morgan fingerprint density at radius 2 is 1.34 bits per heavy atom. The molecule has 4 amide bonds. The summed E-state index contributed by atoms with van der Waals surface area (Å²) in [5, 5.41) is 7.06. The number of hydrogen-bond donors (Lipinski definition) is 4. The molecule has 392 valence electrons. The number of ether oxygens (including phenoxy) is 4. The van der Waals surface area contributed by atoms with E-state index in [0.717, 1.165) is 46.6 Å². The molecule has 10 rings (SSSR count). The highest BCUT2D eigenvalue weighted by Crippen LogP contribution is 2.46. The van der Waals surface area contributed by atoms with Crippen molar-refractivity contribution in [1.82, 2.24) is 40.4 Å². The summed E-state index contributed by atoms with van der Waals surface area (Å²) < 4.78 is 54.9. The molecule has 1 unspecified atom stereocenters. The summed E-state index contributed by atoms with van der Waals surface area (Å²) >= 11 is 0. The van der Waals surface area contributed by atoms with Crippen LogP contribution < -0.4 is 31.1 Å². The van der Waals surface area contributed by atoms with Crippen molar-refractivity contribution in [2.45, 2.75) is 128 Å². The van der Waals surface area contributed by atoms with Crippen LogP contribution in [-0.2, 0) is 28.5 Å². The van der Waals surface area contributed by atoms with E-state index in [-0.39, 0.29) is 59.4 Å². The van der Waals surface area contributed by atoms with E-state index in [1.807, 2.05) is 39.8 Å². The van der Waals surface area contributed by atoms with E-state index in [2.05, 4.69) is 43.7 Å². The molecule has 1 aliphatic carbocycles. The van der Waals surface area contributed by atoms with Crippen LogP contribution in [0, 0.1) is 29.4 Å². The predicted molar refractivity (Wildman–Crippen MR) is 267 cm³/mol. The molecular formula is C53H68F2N10O8. The zero-order valence-electron chi connectivity index (χ0n) is 42.5. The zero-order chi connectivity index (χ0) is 51.3. The molecule has 5 saturated heterocycles. The lowest BCUT2D eigenvalue weighted by Crippen LogP contribution is -2.51. The van der Waals surface area contributed by atoms with Crippen molar-refractivity contribution >= 4 is 58.6 Å². The standard InChI is InChI=1S/C53H68F2N10O8/c1-29(2)44(60-51(68)70-5)49(66)63-19-7-9-42(63)47-56-36-13-11-31(25-38(36)58-47)40-15-16-41(65(40)33-27-34(54)46(35(55)28-33)62-21-17-53(18-22-62)72-23-24-73-53)32-12-14-37-39(26-32)59-48(57-37)43-10-8-20-64(43)50(67)45(30(3)4)61-52(69)71-6/h11,13-14,25-30,32,40-45H,7-10,12,15-24H2,1-6H3,(H,56,58)(H,57,59)(H,60,68)(H,61,69)/t32?,40-,41-,42+,43+,44+,45+/m1/s1. The molecule has 5 fully saturated rings. The van der Waals surface area contributed by atoms with Gasteiger partial charge in [0.15, 0.2) is 17.4 Å². The van der Waals surface area contributed by atoms with Gasteiger partial charge >= 0.3 is 12.2 Å². The third-order valence-corrected chi connectivity index (χ3v) is 16.0. The number of imidazole rings is 2. The number of halogens is 2. The number of H-pyrrole nitrogens is 2. The number of amides is 4. The fraction of sp³-hybridized carbons (Fsp3) is 0.585. The second kappa shape index (κ2) is 20.6. The highest BCUT2D eigenvalue weighted by atomic mass is 19.1. The largest absolute Gasteiger partial charge is 0.453 e. The van der Waals surface area contributed by atoms with E-state index in [1.54, 1.807) is 14.7 Å². The summed E-state index contributed by atoms with van der Waals surface area (Å²) in [5.74, 6) is -1.44. The quantitative estimate of drug-likeness (QED) is 0.130. The topological polar surface area (TPSA) is 200 Å². The maximum atomic E-state index is 16.7. The molecule has 73 heavy (non-hydrogen) atoms. The molecule has 6 aliphatic rings. The Morgan fingerprint density at radius 1 is 0.753 bits per heavy atom. The summed E-state index contributed by atoms with van der Waals surface area (Å²) in [5.41, 5.74) is 2.85. The van der Waals surface area contributed by atoms with Crippen LogP contribution >= 0.6 is 0 Å². The van der Waals surface area contributed by atoms with Crippen molar-refractivity contribution in [3.8, 4) is 0 Å². The average molecular weight is 1010 g/mol. The lowest BCUT2D eigenvalue weighted by atomic mass is 9.91. The molecule has 5 aliphatic heterocycles. The number of methoxy groups -OCH3 is 2.